The summed E-state index contributed by atoms with van der Waals surface area (Å²) in [5.41, 5.74) is 3.28. The van der Waals surface area contributed by atoms with Gasteiger partial charge in [-0.3, -0.25) is 9.59 Å². The first-order valence-electron chi connectivity index (χ1n) is 10.2. The van der Waals surface area contributed by atoms with Gasteiger partial charge in [-0.05, 0) is 36.1 Å². The van der Waals surface area contributed by atoms with Gasteiger partial charge in [-0.25, -0.2) is 4.98 Å². The lowest BCUT2D eigenvalue weighted by Gasteiger charge is -2.11. The molecule has 0 saturated heterocycles. The van der Waals surface area contributed by atoms with E-state index in [2.05, 4.69) is 5.32 Å². The summed E-state index contributed by atoms with van der Waals surface area (Å²) in [4.78, 5) is 31.5. The van der Waals surface area contributed by atoms with Crippen molar-refractivity contribution in [1.29, 1.82) is 0 Å². The number of esters is 1. The van der Waals surface area contributed by atoms with Gasteiger partial charge in [0, 0.05) is 10.4 Å². The molecule has 0 aliphatic rings. The fraction of sp³-hybridized carbons (Fsp3) is 0.160. The molecule has 4 rings (SSSR count). The van der Waals surface area contributed by atoms with Crippen LogP contribution in [0.5, 0.6) is 5.75 Å². The highest BCUT2D eigenvalue weighted by Gasteiger charge is 2.19. The van der Waals surface area contributed by atoms with Gasteiger partial charge in [0.2, 0.25) is 0 Å². The highest BCUT2D eigenvalue weighted by Crippen LogP contribution is 2.36. The topological polar surface area (TPSA) is 77.5 Å². The van der Waals surface area contributed by atoms with Crippen LogP contribution in [0.15, 0.2) is 66.0 Å². The predicted molar refractivity (Wildman–Crippen MR) is 132 cm³/mol. The van der Waals surface area contributed by atoms with E-state index in [-0.39, 0.29) is 13.0 Å². The van der Waals surface area contributed by atoms with E-state index in [9.17, 15) is 9.59 Å². The zero-order valence-corrected chi connectivity index (χ0v) is 19.8. The predicted octanol–water partition coefficient (Wildman–Crippen LogP) is 5.58. The van der Waals surface area contributed by atoms with Crippen molar-refractivity contribution >= 4 is 40.2 Å². The van der Waals surface area contributed by atoms with Crippen LogP contribution in [0.3, 0.4) is 0 Å². The number of nitrogens with zero attached hydrogens (tertiary/aromatic N) is 1. The van der Waals surface area contributed by atoms with Gasteiger partial charge in [-0.2, -0.15) is 0 Å². The smallest absolute Gasteiger partial charge is 0.311 e. The Hall–Kier alpha value is -3.49. The fourth-order valence-electron chi connectivity index (χ4n) is 3.22. The van der Waals surface area contributed by atoms with Gasteiger partial charge >= 0.3 is 5.97 Å². The molecule has 0 fully saturated rings. The van der Waals surface area contributed by atoms with E-state index in [1.54, 1.807) is 23.5 Å². The first-order valence-corrected chi connectivity index (χ1v) is 11.9. The molecule has 0 unspecified atom stereocenters. The Morgan fingerprint density at radius 1 is 1.06 bits per heavy atom. The van der Waals surface area contributed by atoms with Gasteiger partial charge in [0.05, 0.1) is 29.8 Å². The summed E-state index contributed by atoms with van der Waals surface area (Å²) < 4.78 is 10.5. The van der Waals surface area contributed by atoms with E-state index in [0.29, 0.717) is 11.4 Å². The number of amides is 1. The van der Waals surface area contributed by atoms with Crippen molar-refractivity contribution < 1.29 is 19.1 Å². The van der Waals surface area contributed by atoms with Gasteiger partial charge in [0.25, 0.3) is 5.91 Å². The summed E-state index contributed by atoms with van der Waals surface area (Å²) in [6.07, 6.45) is 0.0405. The molecule has 0 atom stereocenters. The van der Waals surface area contributed by atoms with E-state index in [0.717, 1.165) is 31.6 Å². The van der Waals surface area contributed by atoms with Crippen molar-refractivity contribution in [3.63, 3.8) is 0 Å². The van der Waals surface area contributed by atoms with Crippen molar-refractivity contribution in [3.05, 3.63) is 76.5 Å². The van der Waals surface area contributed by atoms with Crippen LogP contribution in [-0.4, -0.2) is 30.6 Å². The van der Waals surface area contributed by atoms with Gasteiger partial charge in [0.15, 0.2) is 6.61 Å². The Kier molecular flexibility index (Phi) is 7.16. The van der Waals surface area contributed by atoms with Gasteiger partial charge in [-0.15, -0.1) is 22.7 Å². The summed E-state index contributed by atoms with van der Waals surface area (Å²) >= 11 is 3.03. The molecular formula is C25H22N2O4S2. The van der Waals surface area contributed by atoms with E-state index in [1.807, 2.05) is 60.8 Å². The standard InChI is InChI=1S/C25H22N2O4S2/c1-16-10-11-19(30-2)18(13-16)26-22(28)15-31-23(29)14-21-24(20-9-6-12-32-20)27-25(33-21)17-7-4-3-5-8-17/h3-13H,14-15H2,1-2H3,(H,26,28). The molecule has 6 nitrogen and oxygen atoms in total. The maximum Gasteiger partial charge on any atom is 0.311 e. The summed E-state index contributed by atoms with van der Waals surface area (Å²) in [7, 11) is 1.53. The molecule has 0 spiro atoms. The minimum absolute atomic E-state index is 0.0405. The van der Waals surface area contributed by atoms with E-state index >= 15 is 0 Å². The molecule has 0 aliphatic heterocycles. The molecule has 2 heterocycles. The number of rotatable bonds is 8. The molecule has 0 saturated carbocycles. The average Bonchev–Trinajstić information content (AvgIpc) is 3.49. The van der Waals surface area contributed by atoms with Gasteiger partial charge in [-0.1, -0.05) is 42.5 Å². The monoisotopic (exact) mass is 478 g/mol. The third kappa shape index (κ3) is 5.66. The fourth-order valence-corrected chi connectivity index (χ4v) is 5.09. The number of thiazole rings is 1. The van der Waals surface area contributed by atoms with Crippen LogP contribution in [0.4, 0.5) is 5.69 Å². The second-order valence-corrected chi connectivity index (χ2v) is 9.25. The number of methoxy groups -OCH3 is 1. The summed E-state index contributed by atoms with van der Waals surface area (Å²) in [5, 5.41) is 5.55. The number of carbonyl (C=O) groups is 2. The Morgan fingerprint density at radius 2 is 1.88 bits per heavy atom. The Balaban J connectivity index is 1.43. The van der Waals surface area contributed by atoms with Crippen LogP contribution in [0, 0.1) is 6.92 Å². The van der Waals surface area contributed by atoms with Crippen molar-refractivity contribution in [2.45, 2.75) is 13.3 Å². The van der Waals surface area contributed by atoms with Crippen molar-refractivity contribution in [2.75, 3.05) is 19.0 Å². The number of aromatic nitrogens is 1. The minimum atomic E-state index is -0.484. The van der Waals surface area contributed by atoms with Crippen molar-refractivity contribution in [2.24, 2.45) is 0 Å². The number of ether oxygens (including phenoxy) is 2. The van der Waals surface area contributed by atoms with Gasteiger partial charge in [0.1, 0.15) is 10.8 Å². The minimum Gasteiger partial charge on any atom is -0.495 e. The normalized spacial score (nSPS) is 10.6. The highest BCUT2D eigenvalue weighted by molar-refractivity contribution is 7.17. The Morgan fingerprint density at radius 3 is 2.61 bits per heavy atom. The number of hydrogen-bond donors (Lipinski definition) is 1. The Bertz CT molecular complexity index is 1250. The third-order valence-corrected chi connectivity index (χ3v) is 6.75. The molecule has 1 amide bonds. The number of thiophene rings is 1. The van der Waals surface area contributed by atoms with Crippen LogP contribution >= 0.6 is 22.7 Å². The maximum atomic E-state index is 12.6. The number of hydrogen-bond acceptors (Lipinski definition) is 7. The highest BCUT2D eigenvalue weighted by atomic mass is 32.1. The molecule has 4 aromatic rings. The first kappa shape index (κ1) is 22.7. The second kappa shape index (κ2) is 10.4. The first-order chi connectivity index (χ1) is 16.0. The molecule has 2 aromatic carbocycles. The molecule has 0 aliphatic carbocycles. The number of aryl methyl sites for hydroxylation is 1. The third-order valence-electron chi connectivity index (χ3n) is 4.77. The number of anilines is 1. The molecule has 8 heteroatoms. The van der Waals surface area contributed by atoms with Crippen LogP contribution in [0.2, 0.25) is 0 Å². The second-order valence-electron chi connectivity index (χ2n) is 7.22. The van der Waals surface area contributed by atoms with Crippen molar-refractivity contribution in [1.82, 2.24) is 4.98 Å². The molecule has 0 radical (unpaired) electrons. The van der Waals surface area contributed by atoms with E-state index < -0.39 is 11.9 Å². The zero-order valence-electron chi connectivity index (χ0n) is 18.2. The Labute approximate surface area is 199 Å². The summed E-state index contributed by atoms with van der Waals surface area (Å²) in [6.45, 7) is 1.54. The quantitative estimate of drug-likeness (QED) is 0.335. The number of carbonyl (C=O) groups excluding carboxylic acids is 2. The lowest BCUT2D eigenvalue weighted by molar-refractivity contribution is -0.146. The summed E-state index contributed by atoms with van der Waals surface area (Å²) in [5.74, 6) is -0.374. The number of nitrogens with one attached hydrogen (secondary N) is 1. The van der Waals surface area contributed by atoms with Crippen LogP contribution < -0.4 is 10.1 Å². The van der Waals surface area contributed by atoms with E-state index in [4.69, 9.17) is 14.5 Å². The molecule has 168 valence electrons. The lowest BCUT2D eigenvalue weighted by atomic mass is 10.2. The molecular weight excluding hydrogens is 456 g/mol. The van der Waals surface area contributed by atoms with E-state index in [1.165, 1.54) is 18.4 Å². The largest absolute Gasteiger partial charge is 0.495 e. The van der Waals surface area contributed by atoms with Crippen LogP contribution in [0.1, 0.15) is 10.4 Å². The molecule has 33 heavy (non-hydrogen) atoms. The van der Waals surface area contributed by atoms with Crippen molar-refractivity contribution in [3.8, 4) is 26.9 Å². The average molecular weight is 479 g/mol. The van der Waals surface area contributed by atoms with Gasteiger partial charge < -0.3 is 14.8 Å². The molecule has 0 bridgehead atoms. The SMILES string of the molecule is COc1ccc(C)cc1NC(=O)COC(=O)Cc1sc(-c2ccccc2)nc1-c1cccs1. The maximum absolute atomic E-state index is 12.6. The molecule has 1 N–H and O–H groups in total. The lowest BCUT2D eigenvalue weighted by Crippen LogP contribution is -2.22. The summed E-state index contributed by atoms with van der Waals surface area (Å²) in [6, 6.07) is 19.2. The van der Waals surface area contributed by atoms with Crippen LogP contribution in [-0.2, 0) is 20.7 Å². The van der Waals surface area contributed by atoms with Crippen LogP contribution in [0.25, 0.3) is 21.1 Å². The zero-order chi connectivity index (χ0) is 23.2. The molecule has 2 aromatic heterocycles. The number of benzene rings is 2.